The Balaban J connectivity index is 1.23. The topological polar surface area (TPSA) is 68.7 Å². The van der Waals surface area contributed by atoms with Crippen molar-refractivity contribution in [2.75, 3.05) is 32.7 Å². The van der Waals surface area contributed by atoms with Gasteiger partial charge in [0.1, 0.15) is 0 Å². The highest BCUT2D eigenvalue weighted by Gasteiger charge is 2.26. The predicted octanol–water partition coefficient (Wildman–Crippen LogP) is 2.39. The molecule has 4 rings (SSSR count). The Morgan fingerprint density at radius 2 is 2.00 bits per heavy atom. The summed E-state index contributed by atoms with van der Waals surface area (Å²) in [7, 11) is 0. The summed E-state index contributed by atoms with van der Waals surface area (Å²) in [6, 6.07) is 14.3. The Morgan fingerprint density at radius 3 is 2.83 bits per heavy atom. The van der Waals surface area contributed by atoms with Gasteiger partial charge in [-0.15, -0.1) is 0 Å². The number of rotatable bonds is 5. The van der Waals surface area contributed by atoms with Crippen LogP contribution in [0.2, 0.25) is 0 Å². The number of amides is 2. The molecule has 2 aliphatic rings. The van der Waals surface area contributed by atoms with E-state index in [1.165, 1.54) is 11.1 Å². The van der Waals surface area contributed by atoms with Gasteiger partial charge in [-0.05, 0) is 42.5 Å². The van der Waals surface area contributed by atoms with Gasteiger partial charge in [-0.3, -0.25) is 9.88 Å². The van der Waals surface area contributed by atoms with Crippen LogP contribution >= 0.6 is 0 Å². The number of fused-ring (bicyclic) bond motifs is 1. The normalized spacial score (nSPS) is 20.7. The van der Waals surface area contributed by atoms with Crippen molar-refractivity contribution >= 4 is 6.03 Å². The van der Waals surface area contributed by atoms with Crippen LogP contribution in [-0.4, -0.2) is 64.7 Å². The number of β-amino-alcohol motifs (C(OH)–C–C–N with tert-alkyl or cyclic N) is 1. The number of hydrogen-bond acceptors (Lipinski definition) is 4. The van der Waals surface area contributed by atoms with E-state index >= 15 is 0 Å². The summed E-state index contributed by atoms with van der Waals surface area (Å²) in [5.74, 6) is 0.286. The molecular weight excluding hydrogens is 364 g/mol. The molecule has 6 heteroatoms. The smallest absolute Gasteiger partial charge is 0.317 e. The van der Waals surface area contributed by atoms with Crippen molar-refractivity contribution < 1.29 is 9.90 Å². The highest BCUT2D eigenvalue weighted by Crippen LogP contribution is 2.25. The summed E-state index contributed by atoms with van der Waals surface area (Å²) >= 11 is 0. The summed E-state index contributed by atoms with van der Waals surface area (Å²) in [4.78, 5) is 21.2. The number of aliphatic hydroxyl groups is 1. The highest BCUT2D eigenvalue weighted by molar-refractivity contribution is 5.74. The monoisotopic (exact) mass is 394 g/mol. The third-order valence-electron chi connectivity index (χ3n) is 5.98. The fraction of sp³-hybridized carbons (Fsp3) is 0.478. The van der Waals surface area contributed by atoms with E-state index in [1.54, 1.807) is 0 Å². The quantitative estimate of drug-likeness (QED) is 0.817. The van der Waals surface area contributed by atoms with E-state index in [0.29, 0.717) is 13.1 Å². The lowest BCUT2D eigenvalue weighted by Crippen LogP contribution is -2.48. The molecule has 2 atom stereocenters. The molecule has 2 aromatic rings. The lowest BCUT2D eigenvalue weighted by atomic mass is 9.94. The van der Waals surface area contributed by atoms with Crippen LogP contribution in [0.25, 0.3) is 0 Å². The molecule has 3 heterocycles. The van der Waals surface area contributed by atoms with Crippen molar-refractivity contribution in [3.8, 4) is 0 Å². The second kappa shape index (κ2) is 9.37. The number of aromatic nitrogens is 1. The van der Waals surface area contributed by atoms with E-state index in [0.717, 1.165) is 44.6 Å². The number of piperidine rings is 1. The average Bonchev–Trinajstić information content (AvgIpc) is 2.78. The molecule has 1 aromatic carbocycles. The largest absolute Gasteiger partial charge is 0.390 e. The molecule has 0 saturated carbocycles. The molecular formula is C23H30N4O2. The van der Waals surface area contributed by atoms with Crippen LogP contribution in [0.3, 0.4) is 0 Å². The van der Waals surface area contributed by atoms with Crippen LogP contribution in [0.5, 0.6) is 0 Å². The van der Waals surface area contributed by atoms with Gasteiger partial charge in [0.2, 0.25) is 0 Å². The molecule has 0 aliphatic carbocycles. The number of urea groups is 1. The zero-order valence-electron chi connectivity index (χ0n) is 16.8. The van der Waals surface area contributed by atoms with Gasteiger partial charge in [0.25, 0.3) is 0 Å². The first-order chi connectivity index (χ1) is 14.2. The first-order valence-corrected chi connectivity index (χ1v) is 10.6. The second-order valence-electron chi connectivity index (χ2n) is 8.13. The summed E-state index contributed by atoms with van der Waals surface area (Å²) in [5.41, 5.74) is 3.79. The van der Waals surface area contributed by atoms with Crippen molar-refractivity contribution in [3.63, 3.8) is 0 Å². The number of likely N-dealkylation sites (tertiary alicyclic amines) is 1. The van der Waals surface area contributed by atoms with Gasteiger partial charge in [-0.1, -0.05) is 30.3 Å². The van der Waals surface area contributed by atoms with Gasteiger partial charge in [0.15, 0.2) is 0 Å². The Hall–Kier alpha value is -2.44. The van der Waals surface area contributed by atoms with Crippen LogP contribution < -0.4 is 5.32 Å². The second-order valence-corrected chi connectivity index (χ2v) is 8.13. The zero-order chi connectivity index (χ0) is 20.1. The van der Waals surface area contributed by atoms with Crippen molar-refractivity contribution in [1.29, 1.82) is 0 Å². The molecule has 2 amide bonds. The molecule has 6 nitrogen and oxygen atoms in total. The van der Waals surface area contributed by atoms with Gasteiger partial charge in [-0.2, -0.15) is 0 Å². The predicted molar refractivity (Wildman–Crippen MR) is 113 cm³/mol. The molecule has 154 valence electrons. The number of nitrogens with zero attached hydrogens (tertiary/aromatic N) is 3. The first-order valence-electron chi connectivity index (χ1n) is 10.6. The first kappa shape index (κ1) is 19.9. The average molecular weight is 395 g/mol. The van der Waals surface area contributed by atoms with E-state index in [-0.39, 0.29) is 18.5 Å². The van der Waals surface area contributed by atoms with Crippen molar-refractivity contribution in [3.05, 3.63) is 65.5 Å². The lowest BCUT2D eigenvalue weighted by Gasteiger charge is -2.33. The Kier molecular flexibility index (Phi) is 6.42. The van der Waals surface area contributed by atoms with E-state index in [2.05, 4.69) is 39.5 Å². The number of benzene rings is 1. The van der Waals surface area contributed by atoms with Crippen LogP contribution in [0.1, 0.15) is 35.6 Å². The van der Waals surface area contributed by atoms with Crippen molar-refractivity contribution in [1.82, 2.24) is 20.1 Å². The number of aliphatic hydroxyl groups excluding tert-OH is 1. The number of hydrogen-bond donors (Lipinski definition) is 2. The van der Waals surface area contributed by atoms with Gasteiger partial charge < -0.3 is 15.3 Å². The standard InChI is InChI=1S/C23H30N4O2/c28-21(17-26-13-10-18-6-1-2-7-19(18)15-26)14-25-23(29)27-12-5-8-20(16-27)22-9-3-4-11-24-22/h1-4,6-7,9,11,20-21,28H,5,8,10,12-17H2,(H,25,29)/t20?,21-/m0/s1. The lowest BCUT2D eigenvalue weighted by molar-refractivity contribution is 0.102. The number of carbonyl (C=O) groups is 1. The van der Waals surface area contributed by atoms with Gasteiger partial charge in [0, 0.05) is 57.1 Å². The molecule has 1 saturated heterocycles. The van der Waals surface area contributed by atoms with E-state index in [9.17, 15) is 9.90 Å². The number of pyridine rings is 1. The van der Waals surface area contributed by atoms with Crippen LogP contribution in [0.15, 0.2) is 48.7 Å². The van der Waals surface area contributed by atoms with Gasteiger partial charge in [0.05, 0.1) is 6.10 Å². The van der Waals surface area contributed by atoms with E-state index < -0.39 is 6.10 Å². The van der Waals surface area contributed by atoms with Crippen LogP contribution in [0.4, 0.5) is 4.79 Å². The van der Waals surface area contributed by atoms with Crippen molar-refractivity contribution in [2.45, 2.75) is 37.8 Å². The van der Waals surface area contributed by atoms with Gasteiger partial charge in [-0.25, -0.2) is 4.79 Å². The summed E-state index contributed by atoms with van der Waals surface area (Å²) in [6.07, 6.45) is 4.28. The molecule has 0 bridgehead atoms. The maximum absolute atomic E-state index is 12.6. The van der Waals surface area contributed by atoms with Crippen LogP contribution in [0, 0.1) is 0 Å². The summed E-state index contributed by atoms with van der Waals surface area (Å²) in [6.45, 7) is 4.10. The number of carbonyl (C=O) groups excluding carboxylic acids is 1. The Bertz CT molecular complexity index is 814. The Morgan fingerprint density at radius 1 is 1.17 bits per heavy atom. The number of nitrogens with one attached hydrogen (secondary N) is 1. The van der Waals surface area contributed by atoms with Gasteiger partial charge >= 0.3 is 6.03 Å². The third kappa shape index (κ3) is 5.14. The fourth-order valence-electron chi connectivity index (χ4n) is 4.41. The third-order valence-corrected chi connectivity index (χ3v) is 5.98. The molecule has 1 fully saturated rings. The SMILES string of the molecule is O=C(NC[C@H](O)CN1CCc2ccccc2C1)N1CCCC(c2ccccn2)C1. The minimum atomic E-state index is -0.569. The summed E-state index contributed by atoms with van der Waals surface area (Å²) in [5, 5.41) is 13.4. The maximum Gasteiger partial charge on any atom is 0.317 e. The minimum Gasteiger partial charge on any atom is -0.390 e. The van der Waals surface area contributed by atoms with Crippen LogP contribution in [-0.2, 0) is 13.0 Å². The van der Waals surface area contributed by atoms with Crippen molar-refractivity contribution in [2.24, 2.45) is 0 Å². The molecule has 2 aliphatic heterocycles. The fourth-order valence-corrected chi connectivity index (χ4v) is 4.41. The Labute approximate surface area is 172 Å². The molecule has 2 N–H and O–H groups in total. The molecule has 0 radical (unpaired) electrons. The molecule has 1 unspecified atom stereocenters. The zero-order valence-corrected chi connectivity index (χ0v) is 16.8. The molecule has 1 aromatic heterocycles. The minimum absolute atomic E-state index is 0.0892. The molecule has 29 heavy (non-hydrogen) atoms. The summed E-state index contributed by atoms with van der Waals surface area (Å²) < 4.78 is 0. The highest BCUT2D eigenvalue weighted by atomic mass is 16.3. The van der Waals surface area contributed by atoms with E-state index in [1.807, 2.05) is 29.3 Å². The van der Waals surface area contributed by atoms with E-state index in [4.69, 9.17) is 0 Å². The maximum atomic E-state index is 12.6. The molecule has 0 spiro atoms.